The normalized spacial score (nSPS) is 18.2. The Hall–Kier alpha value is -3.26. The highest BCUT2D eigenvalue weighted by atomic mass is 32.2. The lowest BCUT2D eigenvalue weighted by Gasteiger charge is -2.31. The standard InChI is InChI=1S/C23H22N2O5S/c1-2-24(13-17-15-29-19-10-3-4-11-20(19)30-17)22(26)14-25-18-9-5-7-16-8-6-12-21(23(16)18)31(25,27)28/h3-12,17H,2,13-15H2,1H3/t17-/m1/s1. The molecule has 0 aromatic heterocycles. The first-order valence-corrected chi connectivity index (χ1v) is 11.6. The van der Waals surface area contributed by atoms with E-state index < -0.39 is 10.0 Å². The lowest BCUT2D eigenvalue weighted by atomic mass is 10.1. The van der Waals surface area contributed by atoms with Crippen LogP contribution in [0.2, 0.25) is 0 Å². The van der Waals surface area contributed by atoms with E-state index in [1.54, 1.807) is 23.1 Å². The number of nitrogens with zero attached hydrogens (tertiary/aromatic N) is 2. The van der Waals surface area contributed by atoms with E-state index in [0.29, 0.717) is 42.3 Å². The molecule has 0 saturated carbocycles. The van der Waals surface area contributed by atoms with Crippen LogP contribution in [0.15, 0.2) is 65.6 Å². The molecule has 1 atom stereocenters. The van der Waals surface area contributed by atoms with E-state index in [2.05, 4.69) is 0 Å². The second-order valence-corrected chi connectivity index (χ2v) is 9.40. The van der Waals surface area contributed by atoms with Gasteiger partial charge in [0.2, 0.25) is 5.91 Å². The summed E-state index contributed by atoms with van der Waals surface area (Å²) in [7, 11) is -3.78. The van der Waals surface area contributed by atoms with Crippen LogP contribution in [-0.2, 0) is 14.8 Å². The molecule has 0 unspecified atom stereocenters. The molecule has 7 nitrogen and oxygen atoms in total. The molecule has 0 fully saturated rings. The highest BCUT2D eigenvalue weighted by Crippen LogP contribution is 2.41. The zero-order chi connectivity index (χ0) is 21.6. The van der Waals surface area contributed by atoms with E-state index in [-0.39, 0.29) is 23.5 Å². The Bertz CT molecular complexity index is 1270. The van der Waals surface area contributed by atoms with Gasteiger partial charge in [-0.15, -0.1) is 0 Å². The summed E-state index contributed by atoms with van der Waals surface area (Å²) in [6.07, 6.45) is -0.324. The highest BCUT2D eigenvalue weighted by molar-refractivity contribution is 7.93. The van der Waals surface area contributed by atoms with Crippen LogP contribution in [0.5, 0.6) is 11.5 Å². The van der Waals surface area contributed by atoms with Gasteiger partial charge in [-0.2, -0.15) is 0 Å². The first-order chi connectivity index (χ1) is 15.0. The molecular formula is C23H22N2O5S. The maximum absolute atomic E-state index is 13.1. The second-order valence-electron chi connectivity index (χ2n) is 7.57. The van der Waals surface area contributed by atoms with Crippen molar-refractivity contribution in [3.8, 4) is 11.5 Å². The largest absolute Gasteiger partial charge is 0.486 e. The third-order valence-electron chi connectivity index (χ3n) is 5.69. The molecule has 0 aliphatic carbocycles. The van der Waals surface area contributed by atoms with E-state index >= 15 is 0 Å². The molecule has 0 spiro atoms. The summed E-state index contributed by atoms with van der Waals surface area (Å²) < 4.78 is 39.2. The Morgan fingerprint density at radius 3 is 2.58 bits per heavy atom. The van der Waals surface area contributed by atoms with Crippen molar-refractivity contribution in [1.29, 1.82) is 0 Å². The first kappa shape index (κ1) is 19.7. The minimum Gasteiger partial charge on any atom is -0.486 e. The van der Waals surface area contributed by atoms with Crippen LogP contribution < -0.4 is 13.8 Å². The smallest absolute Gasteiger partial charge is 0.265 e. The number of sulfonamides is 1. The molecule has 0 bridgehead atoms. The molecule has 0 saturated heterocycles. The monoisotopic (exact) mass is 438 g/mol. The molecule has 2 aliphatic heterocycles. The van der Waals surface area contributed by atoms with Gasteiger partial charge in [0.05, 0.1) is 17.1 Å². The Morgan fingerprint density at radius 2 is 1.81 bits per heavy atom. The van der Waals surface area contributed by atoms with Gasteiger partial charge in [0, 0.05) is 11.9 Å². The number of benzene rings is 3. The molecular weight excluding hydrogens is 416 g/mol. The topological polar surface area (TPSA) is 76.2 Å². The number of rotatable bonds is 5. The summed E-state index contributed by atoms with van der Waals surface area (Å²) in [5.41, 5.74) is 0.545. The Morgan fingerprint density at radius 1 is 1.06 bits per heavy atom. The van der Waals surface area contributed by atoms with Crippen molar-refractivity contribution in [2.75, 3.05) is 30.5 Å². The number of para-hydroxylation sites is 2. The van der Waals surface area contributed by atoms with E-state index in [4.69, 9.17) is 9.47 Å². The first-order valence-electron chi connectivity index (χ1n) is 10.2. The highest BCUT2D eigenvalue weighted by Gasteiger charge is 2.37. The number of anilines is 1. The fourth-order valence-corrected chi connectivity index (χ4v) is 5.82. The Balaban J connectivity index is 1.35. The van der Waals surface area contributed by atoms with Crippen LogP contribution in [0.4, 0.5) is 5.69 Å². The number of hydrogen-bond acceptors (Lipinski definition) is 5. The number of carbonyl (C=O) groups excluding carboxylic acids is 1. The van der Waals surface area contributed by atoms with Crippen molar-refractivity contribution in [3.63, 3.8) is 0 Å². The van der Waals surface area contributed by atoms with Gasteiger partial charge in [-0.3, -0.25) is 9.10 Å². The summed E-state index contributed by atoms with van der Waals surface area (Å²) in [5.74, 6) is 1.05. The van der Waals surface area contributed by atoms with E-state index in [9.17, 15) is 13.2 Å². The number of carbonyl (C=O) groups is 1. The van der Waals surface area contributed by atoms with Crippen LogP contribution in [0.25, 0.3) is 10.8 Å². The predicted octanol–water partition coefficient (Wildman–Crippen LogP) is 3.04. The maximum atomic E-state index is 13.1. The number of amides is 1. The SMILES string of the molecule is CCN(C[C@@H]1COc2ccccc2O1)C(=O)CN1c2cccc3cccc(c23)S1(=O)=O. The van der Waals surface area contributed by atoms with Gasteiger partial charge < -0.3 is 14.4 Å². The third kappa shape index (κ3) is 3.27. The average Bonchev–Trinajstić information content (AvgIpc) is 3.00. The fourth-order valence-electron chi connectivity index (χ4n) is 4.16. The van der Waals surface area contributed by atoms with E-state index in [1.165, 1.54) is 4.31 Å². The lowest BCUT2D eigenvalue weighted by molar-refractivity contribution is -0.130. The third-order valence-corrected chi connectivity index (χ3v) is 7.49. The molecule has 3 aromatic rings. The number of likely N-dealkylation sites (N-methyl/N-ethyl adjacent to an activating group) is 1. The molecule has 0 radical (unpaired) electrons. The zero-order valence-electron chi connectivity index (χ0n) is 17.0. The van der Waals surface area contributed by atoms with Crippen LogP contribution >= 0.6 is 0 Å². The summed E-state index contributed by atoms with van der Waals surface area (Å²) in [4.78, 5) is 15.0. The summed E-state index contributed by atoms with van der Waals surface area (Å²) in [6, 6.07) is 18.0. The van der Waals surface area contributed by atoms with Gasteiger partial charge in [0.15, 0.2) is 17.6 Å². The second kappa shape index (κ2) is 7.46. The van der Waals surface area contributed by atoms with Gasteiger partial charge >= 0.3 is 0 Å². The summed E-state index contributed by atoms with van der Waals surface area (Å²) >= 11 is 0. The zero-order valence-corrected chi connectivity index (χ0v) is 17.8. The predicted molar refractivity (Wildman–Crippen MR) is 117 cm³/mol. The molecule has 2 heterocycles. The molecule has 1 amide bonds. The summed E-state index contributed by atoms with van der Waals surface area (Å²) in [5, 5.41) is 1.51. The van der Waals surface area contributed by atoms with Crippen LogP contribution in [0.3, 0.4) is 0 Å². The van der Waals surface area contributed by atoms with Gasteiger partial charge in [-0.25, -0.2) is 8.42 Å². The van der Waals surface area contributed by atoms with Crippen molar-refractivity contribution in [3.05, 3.63) is 60.7 Å². The van der Waals surface area contributed by atoms with Crippen LogP contribution in [0.1, 0.15) is 6.92 Å². The lowest BCUT2D eigenvalue weighted by Crippen LogP contribution is -2.47. The van der Waals surface area contributed by atoms with Crippen molar-refractivity contribution >= 4 is 32.4 Å². The molecule has 160 valence electrons. The molecule has 8 heteroatoms. The minimum absolute atomic E-state index is 0.247. The Kier molecular flexibility index (Phi) is 4.74. The number of fused-ring (bicyclic) bond motifs is 1. The minimum atomic E-state index is -3.78. The van der Waals surface area contributed by atoms with Crippen molar-refractivity contribution < 1.29 is 22.7 Å². The van der Waals surface area contributed by atoms with Gasteiger partial charge in [-0.05, 0) is 36.6 Å². The van der Waals surface area contributed by atoms with Gasteiger partial charge in [0.25, 0.3) is 10.0 Å². The van der Waals surface area contributed by atoms with E-state index in [0.717, 1.165) is 5.39 Å². The van der Waals surface area contributed by atoms with Gasteiger partial charge in [-0.1, -0.05) is 36.4 Å². The molecule has 31 heavy (non-hydrogen) atoms. The van der Waals surface area contributed by atoms with Crippen molar-refractivity contribution in [1.82, 2.24) is 4.90 Å². The molecule has 2 aliphatic rings. The Labute approximate surface area is 180 Å². The van der Waals surface area contributed by atoms with Crippen molar-refractivity contribution in [2.24, 2.45) is 0 Å². The van der Waals surface area contributed by atoms with E-state index in [1.807, 2.05) is 49.4 Å². The molecule has 3 aromatic carbocycles. The van der Waals surface area contributed by atoms with Crippen LogP contribution in [0, 0.1) is 0 Å². The van der Waals surface area contributed by atoms with Gasteiger partial charge in [0.1, 0.15) is 13.2 Å². The molecule has 5 rings (SSSR count). The number of hydrogen-bond donors (Lipinski definition) is 0. The fraction of sp³-hybridized carbons (Fsp3) is 0.261. The maximum Gasteiger partial charge on any atom is 0.265 e. The number of ether oxygens (including phenoxy) is 2. The quantitative estimate of drug-likeness (QED) is 0.612. The average molecular weight is 439 g/mol. The van der Waals surface area contributed by atoms with Crippen molar-refractivity contribution in [2.45, 2.75) is 17.9 Å². The summed E-state index contributed by atoms with van der Waals surface area (Å²) in [6.45, 7) is 2.69. The van der Waals surface area contributed by atoms with Crippen LogP contribution in [-0.4, -0.2) is 51.6 Å². The molecule has 0 N–H and O–H groups in total.